The van der Waals surface area contributed by atoms with Crippen LogP contribution in [0.5, 0.6) is 5.88 Å². The summed E-state index contributed by atoms with van der Waals surface area (Å²) in [7, 11) is 1.83. The first kappa shape index (κ1) is 12.3. The Kier molecular flexibility index (Phi) is 4.59. The van der Waals surface area contributed by atoms with Crippen molar-refractivity contribution in [2.75, 3.05) is 12.4 Å². The van der Waals surface area contributed by atoms with Gasteiger partial charge < -0.3 is 10.1 Å². The van der Waals surface area contributed by atoms with Crippen LogP contribution in [0.25, 0.3) is 0 Å². The zero-order valence-electron chi connectivity index (χ0n) is 9.95. The predicted octanol–water partition coefficient (Wildman–Crippen LogP) is 1.87. The summed E-state index contributed by atoms with van der Waals surface area (Å²) in [5.74, 6) is 3.89. The summed E-state index contributed by atoms with van der Waals surface area (Å²) in [5.41, 5.74) is 0.981. The standard InChI is InChI=1S/C12H17N3O/c1-5-7-10-11(13-4)14-8-15-12(10)16-9(3)6-2/h2,8-9H,5,7H2,1,3-4H3,(H,13,14,15). The summed E-state index contributed by atoms with van der Waals surface area (Å²) in [6.45, 7) is 3.91. The lowest BCUT2D eigenvalue weighted by atomic mass is 10.1. The number of rotatable bonds is 5. The molecule has 0 fully saturated rings. The molecule has 0 amide bonds. The highest BCUT2D eigenvalue weighted by Gasteiger charge is 2.12. The lowest BCUT2D eigenvalue weighted by Gasteiger charge is -2.14. The van der Waals surface area contributed by atoms with Crippen molar-refractivity contribution in [3.8, 4) is 18.2 Å². The molecule has 0 saturated heterocycles. The molecule has 0 spiro atoms. The van der Waals surface area contributed by atoms with E-state index < -0.39 is 0 Å². The summed E-state index contributed by atoms with van der Waals surface area (Å²) in [4.78, 5) is 8.28. The molecule has 1 aromatic rings. The smallest absolute Gasteiger partial charge is 0.223 e. The van der Waals surface area contributed by atoms with Gasteiger partial charge in [-0.15, -0.1) is 6.42 Å². The number of hydrogen-bond donors (Lipinski definition) is 1. The number of ether oxygens (including phenoxy) is 1. The van der Waals surface area contributed by atoms with E-state index in [0.717, 1.165) is 24.2 Å². The highest BCUT2D eigenvalue weighted by Crippen LogP contribution is 2.23. The minimum atomic E-state index is -0.282. The molecule has 0 aliphatic rings. The van der Waals surface area contributed by atoms with Gasteiger partial charge in [0.05, 0.1) is 5.56 Å². The minimum Gasteiger partial charge on any atom is -0.461 e. The normalized spacial score (nSPS) is 11.6. The van der Waals surface area contributed by atoms with Crippen molar-refractivity contribution in [3.63, 3.8) is 0 Å². The molecule has 0 aliphatic carbocycles. The first-order valence-electron chi connectivity index (χ1n) is 5.37. The van der Waals surface area contributed by atoms with E-state index in [4.69, 9.17) is 11.2 Å². The molecule has 1 heterocycles. The Hall–Kier alpha value is -1.76. The maximum Gasteiger partial charge on any atom is 0.223 e. The number of nitrogens with zero attached hydrogens (tertiary/aromatic N) is 2. The Morgan fingerprint density at radius 3 is 2.88 bits per heavy atom. The summed E-state index contributed by atoms with van der Waals surface area (Å²) in [5, 5.41) is 3.03. The Balaban J connectivity index is 3.02. The molecule has 1 rings (SSSR count). The van der Waals surface area contributed by atoms with E-state index in [9.17, 15) is 0 Å². The molecular formula is C12H17N3O. The molecule has 0 aromatic carbocycles. The quantitative estimate of drug-likeness (QED) is 0.768. The average molecular weight is 219 g/mol. The van der Waals surface area contributed by atoms with Gasteiger partial charge in [0.25, 0.3) is 0 Å². The van der Waals surface area contributed by atoms with Gasteiger partial charge in [-0.05, 0) is 13.3 Å². The van der Waals surface area contributed by atoms with Crippen molar-refractivity contribution in [2.24, 2.45) is 0 Å². The van der Waals surface area contributed by atoms with Crippen LogP contribution in [0.2, 0.25) is 0 Å². The molecule has 1 N–H and O–H groups in total. The third-order valence-electron chi connectivity index (χ3n) is 2.17. The van der Waals surface area contributed by atoms with Crippen LogP contribution in [0, 0.1) is 12.3 Å². The van der Waals surface area contributed by atoms with E-state index in [0.29, 0.717) is 5.88 Å². The van der Waals surface area contributed by atoms with E-state index in [1.54, 1.807) is 0 Å². The van der Waals surface area contributed by atoms with Crippen molar-refractivity contribution in [2.45, 2.75) is 32.8 Å². The van der Waals surface area contributed by atoms with E-state index in [2.05, 4.69) is 28.1 Å². The van der Waals surface area contributed by atoms with Crippen LogP contribution in [0.4, 0.5) is 5.82 Å². The molecule has 1 atom stereocenters. The lowest BCUT2D eigenvalue weighted by molar-refractivity contribution is 0.264. The largest absolute Gasteiger partial charge is 0.461 e. The second-order valence-corrected chi connectivity index (χ2v) is 3.43. The van der Waals surface area contributed by atoms with Crippen molar-refractivity contribution < 1.29 is 4.74 Å². The van der Waals surface area contributed by atoms with Gasteiger partial charge in [0.15, 0.2) is 6.10 Å². The third kappa shape index (κ3) is 2.86. The van der Waals surface area contributed by atoms with E-state index in [-0.39, 0.29) is 6.10 Å². The fourth-order valence-corrected chi connectivity index (χ4v) is 1.39. The van der Waals surface area contributed by atoms with Crippen molar-refractivity contribution in [1.29, 1.82) is 0 Å². The second-order valence-electron chi connectivity index (χ2n) is 3.43. The molecule has 0 aliphatic heterocycles. The molecular weight excluding hydrogens is 202 g/mol. The van der Waals surface area contributed by atoms with E-state index in [1.165, 1.54) is 6.33 Å². The van der Waals surface area contributed by atoms with Crippen molar-refractivity contribution >= 4 is 5.82 Å². The Morgan fingerprint density at radius 2 is 2.31 bits per heavy atom. The molecule has 1 unspecified atom stereocenters. The number of anilines is 1. The maximum atomic E-state index is 5.56. The Bertz CT molecular complexity index is 384. The fraction of sp³-hybridized carbons (Fsp3) is 0.500. The molecule has 16 heavy (non-hydrogen) atoms. The number of hydrogen-bond acceptors (Lipinski definition) is 4. The van der Waals surface area contributed by atoms with Crippen molar-refractivity contribution in [3.05, 3.63) is 11.9 Å². The molecule has 0 radical (unpaired) electrons. The number of aromatic nitrogens is 2. The van der Waals surface area contributed by atoms with Crippen LogP contribution >= 0.6 is 0 Å². The monoisotopic (exact) mass is 219 g/mol. The van der Waals surface area contributed by atoms with Gasteiger partial charge in [-0.2, -0.15) is 0 Å². The minimum absolute atomic E-state index is 0.282. The average Bonchev–Trinajstić information content (AvgIpc) is 2.31. The van der Waals surface area contributed by atoms with Crippen LogP contribution in [0.3, 0.4) is 0 Å². The SMILES string of the molecule is C#CC(C)Oc1ncnc(NC)c1CCC. The van der Waals surface area contributed by atoms with Gasteiger partial charge in [0.2, 0.25) is 5.88 Å². The van der Waals surface area contributed by atoms with E-state index in [1.807, 2.05) is 14.0 Å². The first-order chi connectivity index (χ1) is 7.72. The predicted molar refractivity (Wildman–Crippen MR) is 64.5 cm³/mol. The highest BCUT2D eigenvalue weighted by molar-refractivity contribution is 5.48. The van der Waals surface area contributed by atoms with Crippen molar-refractivity contribution in [1.82, 2.24) is 9.97 Å². The fourth-order valence-electron chi connectivity index (χ4n) is 1.39. The summed E-state index contributed by atoms with van der Waals surface area (Å²) in [6.07, 6.45) is 8.34. The molecule has 0 bridgehead atoms. The topological polar surface area (TPSA) is 47.0 Å². The molecule has 0 saturated carbocycles. The number of nitrogens with one attached hydrogen (secondary N) is 1. The second kappa shape index (κ2) is 5.96. The van der Waals surface area contributed by atoms with Gasteiger partial charge in [0.1, 0.15) is 12.1 Å². The van der Waals surface area contributed by atoms with Crippen LogP contribution in [-0.4, -0.2) is 23.1 Å². The zero-order valence-corrected chi connectivity index (χ0v) is 9.95. The van der Waals surface area contributed by atoms with Crippen LogP contribution in [0.1, 0.15) is 25.8 Å². The van der Waals surface area contributed by atoms with Crippen LogP contribution in [0.15, 0.2) is 6.33 Å². The Morgan fingerprint density at radius 1 is 1.56 bits per heavy atom. The zero-order chi connectivity index (χ0) is 12.0. The first-order valence-corrected chi connectivity index (χ1v) is 5.37. The van der Waals surface area contributed by atoms with Gasteiger partial charge in [-0.1, -0.05) is 19.3 Å². The van der Waals surface area contributed by atoms with Gasteiger partial charge in [-0.3, -0.25) is 0 Å². The van der Waals surface area contributed by atoms with E-state index >= 15 is 0 Å². The number of terminal acetylenes is 1. The summed E-state index contributed by atoms with van der Waals surface area (Å²) >= 11 is 0. The summed E-state index contributed by atoms with van der Waals surface area (Å²) in [6, 6.07) is 0. The van der Waals surface area contributed by atoms with Gasteiger partial charge in [-0.25, -0.2) is 9.97 Å². The third-order valence-corrected chi connectivity index (χ3v) is 2.17. The van der Waals surface area contributed by atoms with Gasteiger partial charge in [0, 0.05) is 7.05 Å². The molecule has 1 aromatic heterocycles. The molecule has 4 nitrogen and oxygen atoms in total. The maximum absolute atomic E-state index is 5.56. The van der Waals surface area contributed by atoms with Gasteiger partial charge >= 0.3 is 0 Å². The molecule has 4 heteroatoms. The highest BCUT2D eigenvalue weighted by atomic mass is 16.5. The summed E-state index contributed by atoms with van der Waals surface area (Å²) < 4.78 is 5.56. The van der Waals surface area contributed by atoms with Crippen LogP contribution in [-0.2, 0) is 6.42 Å². The lowest BCUT2D eigenvalue weighted by Crippen LogP contribution is -2.12. The molecule has 86 valence electrons. The van der Waals surface area contributed by atoms with Crippen LogP contribution < -0.4 is 10.1 Å². The Labute approximate surface area is 96.5 Å².